The summed E-state index contributed by atoms with van der Waals surface area (Å²) < 4.78 is 11.7. The molecule has 0 heterocycles. The predicted molar refractivity (Wildman–Crippen MR) is 58.0 cm³/mol. The number of rotatable bonds is 2. The Kier molecular flexibility index (Phi) is 3.92. The topological polar surface area (TPSA) is 43.1 Å². The second-order valence-corrected chi connectivity index (χ2v) is 6.23. The third-order valence-corrected chi connectivity index (χ3v) is 5.01. The lowest BCUT2D eigenvalue weighted by atomic mass is 9.80. The van der Waals surface area contributed by atoms with Gasteiger partial charge < -0.3 is 5.73 Å². The van der Waals surface area contributed by atoms with E-state index in [0.717, 1.165) is 12.2 Å². The number of hydrogen-bond acceptors (Lipinski definition) is 2. The van der Waals surface area contributed by atoms with Gasteiger partial charge in [0.25, 0.3) is 0 Å². The molecule has 0 amide bonds. The lowest BCUT2D eigenvalue weighted by molar-refractivity contribution is 0.275. The minimum Gasteiger partial charge on any atom is -0.327 e. The fourth-order valence-electron chi connectivity index (χ4n) is 2.53. The molecule has 0 aliphatic heterocycles. The average Bonchev–Trinajstić information content (AvgIpc) is 2.02. The molecule has 78 valence electrons. The smallest absolute Gasteiger partial charge is 0.0524 e. The van der Waals surface area contributed by atoms with Crippen molar-refractivity contribution in [3.05, 3.63) is 0 Å². The second-order valence-electron chi connectivity index (χ2n) is 4.35. The Morgan fingerprint density at radius 1 is 1.38 bits per heavy atom. The van der Waals surface area contributed by atoms with Crippen molar-refractivity contribution in [3.8, 4) is 0 Å². The molecule has 1 rings (SSSR count). The van der Waals surface area contributed by atoms with E-state index in [0.29, 0.717) is 11.8 Å². The third kappa shape index (κ3) is 2.53. The SMILES string of the molecule is CCS(=O)C1C(C)CC(C)CC1N. The van der Waals surface area contributed by atoms with Crippen molar-refractivity contribution in [2.24, 2.45) is 17.6 Å². The summed E-state index contributed by atoms with van der Waals surface area (Å²) in [7, 11) is -0.714. The van der Waals surface area contributed by atoms with Gasteiger partial charge in [-0.3, -0.25) is 4.21 Å². The molecule has 5 atom stereocenters. The monoisotopic (exact) mass is 203 g/mol. The van der Waals surface area contributed by atoms with Crippen LogP contribution in [0, 0.1) is 11.8 Å². The molecule has 1 aliphatic carbocycles. The minimum absolute atomic E-state index is 0.152. The first-order chi connectivity index (χ1) is 6.06. The first kappa shape index (κ1) is 11.2. The Labute approximate surface area is 83.7 Å². The molecule has 2 nitrogen and oxygen atoms in total. The Morgan fingerprint density at radius 2 is 2.00 bits per heavy atom. The molecule has 0 aromatic rings. The van der Waals surface area contributed by atoms with E-state index in [9.17, 15) is 4.21 Å². The van der Waals surface area contributed by atoms with Gasteiger partial charge in [0.2, 0.25) is 0 Å². The summed E-state index contributed by atoms with van der Waals surface area (Å²) in [4.78, 5) is 0. The van der Waals surface area contributed by atoms with E-state index in [1.165, 1.54) is 6.42 Å². The molecular weight excluding hydrogens is 182 g/mol. The summed E-state index contributed by atoms with van der Waals surface area (Å²) in [5.74, 6) is 1.98. The van der Waals surface area contributed by atoms with E-state index in [2.05, 4.69) is 13.8 Å². The van der Waals surface area contributed by atoms with E-state index in [4.69, 9.17) is 5.73 Å². The van der Waals surface area contributed by atoms with Crippen LogP contribution in [0.1, 0.15) is 33.6 Å². The molecule has 0 spiro atoms. The first-order valence-electron chi connectivity index (χ1n) is 5.19. The van der Waals surface area contributed by atoms with Crippen LogP contribution in [0.2, 0.25) is 0 Å². The van der Waals surface area contributed by atoms with Gasteiger partial charge in [-0.2, -0.15) is 0 Å². The van der Waals surface area contributed by atoms with Gasteiger partial charge in [-0.15, -0.1) is 0 Å². The van der Waals surface area contributed by atoms with Crippen molar-refractivity contribution in [1.29, 1.82) is 0 Å². The molecule has 1 fully saturated rings. The van der Waals surface area contributed by atoms with Crippen LogP contribution in [0.3, 0.4) is 0 Å². The highest BCUT2D eigenvalue weighted by Crippen LogP contribution is 2.31. The summed E-state index contributed by atoms with van der Waals surface area (Å²) >= 11 is 0. The zero-order valence-electron chi connectivity index (χ0n) is 8.82. The quantitative estimate of drug-likeness (QED) is 0.739. The maximum atomic E-state index is 11.7. The Balaban J connectivity index is 2.66. The van der Waals surface area contributed by atoms with Crippen LogP contribution >= 0.6 is 0 Å². The third-order valence-electron chi connectivity index (χ3n) is 3.02. The van der Waals surface area contributed by atoms with Crippen molar-refractivity contribution < 1.29 is 4.21 Å². The van der Waals surface area contributed by atoms with E-state index < -0.39 is 10.8 Å². The molecule has 0 aromatic carbocycles. The lowest BCUT2D eigenvalue weighted by Gasteiger charge is -2.36. The van der Waals surface area contributed by atoms with Crippen molar-refractivity contribution >= 4 is 10.8 Å². The fraction of sp³-hybridized carbons (Fsp3) is 1.00. The average molecular weight is 203 g/mol. The second kappa shape index (κ2) is 4.56. The van der Waals surface area contributed by atoms with E-state index >= 15 is 0 Å². The summed E-state index contributed by atoms with van der Waals surface area (Å²) in [6, 6.07) is 0.152. The van der Waals surface area contributed by atoms with Crippen LogP contribution in [0.15, 0.2) is 0 Å². The van der Waals surface area contributed by atoms with Gasteiger partial charge in [0, 0.05) is 22.6 Å². The summed E-state index contributed by atoms with van der Waals surface area (Å²) in [6.45, 7) is 6.41. The van der Waals surface area contributed by atoms with Crippen LogP contribution in [-0.2, 0) is 10.8 Å². The summed E-state index contributed by atoms with van der Waals surface area (Å²) in [5.41, 5.74) is 6.04. The normalized spacial score (nSPS) is 43.1. The number of nitrogens with two attached hydrogens (primary N) is 1. The number of hydrogen-bond donors (Lipinski definition) is 1. The molecule has 13 heavy (non-hydrogen) atoms. The zero-order valence-corrected chi connectivity index (χ0v) is 9.64. The van der Waals surface area contributed by atoms with Crippen LogP contribution in [-0.4, -0.2) is 21.3 Å². The highest BCUT2D eigenvalue weighted by molar-refractivity contribution is 7.85. The molecule has 0 aromatic heterocycles. The van der Waals surface area contributed by atoms with E-state index in [1.807, 2.05) is 6.92 Å². The molecule has 1 aliphatic rings. The van der Waals surface area contributed by atoms with E-state index in [-0.39, 0.29) is 11.3 Å². The molecule has 0 saturated heterocycles. The minimum atomic E-state index is -0.714. The maximum Gasteiger partial charge on any atom is 0.0524 e. The maximum absolute atomic E-state index is 11.7. The zero-order chi connectivity index (χ0) is 10.0. The highest BCUT2D eigenvalue weighted by atomic mass is 32.2. The molecule has 0 radical (unpaired) electrons. The van der Waals surface area contributed by atoms with Gasteiger partial charge in [0.1, 0.15) is 0 Å². The predicted octanol–water partition coefficient (Wildman–Crippen LogP) is 1.52. The van der Waals surface area contributed by atoms with Gasteiger partial charge in [-0.05, 0) is 24.7 Å². The molecule has 2 N–H and O–H groups in total. The highest BCUT2D eigenvalue weighted by Gasteiger charge is 2.34. The van der Waals surface area contributed by atoms with Gasteiger partial charge in [-0.25, -0.2) is 0 Å². The molecule has 5 unspecified atom stereocenters. The Morgan fingerprint density at radius 3 is 2.46 bits per heavy atom. The van der Waals surface area contributed by atoms with Crippen LogP contribution in [0.5, 0.6) is 0 Å². The summed E-state index contributed by atoms with van der Waals surface area (Å²) in [6.07, 6.45) is 2.23. The molecule has 1 saturated carbocycles. The van der Waals surface area contributed by atoms with E-state index in [1.54, 1.807) is 0 Å². The van der Waals surface area contributed by atoms with Gasteiger partial charge in [0.05, 0.1) is 5.25 Å². The lowest BCUT2D eigenvalue weighted by Crippen LogP contribution is -2.47. The Bertz CT molecular complexity index is 183. The van der Waals surface area contributed by atoms with Gasteiger partial charge >= 0.3 is 0 Å². The standard InChI is InChI=1S/C10H21NOS/c1-4-13(12)10-8(3)5-7(2)6-9(10)11/h7-10H,4-6,11H2,1-3H3. The molecular formula is C10H21NOS. The van der Waals surface area contributed by atoms with Crippen LogP contribution in [0.4, 0.5) is 0 Å². The van der Waals surface area contributed by atoms with Crippen molar-refractivity contribution in [2.75, 3.05) is 5.75 Å². The van der Waals surface area contributed by atoms with Crippen LogP contribution in [0.25, 0.3) is 0 Å². The Hall–Kier alpha value is 0.110. The van der Waals surface area contributed by atoms with Gasteiger partial charge in [0.15, 0.2) is 0 Å². The largest absolute Gasteiger partial charge is 0.327 e. The van der Waals surface area contributed by atoms with Crippen molar-refractivity contribution in [2.45, 2.75) is 44.9 Å². The van der Waals surface area contributed by atoms with Crippen molar-refractivity contribution in [1.82, 2.24) is 0 Å². The first-order valence-corrected chi connectivity index (χ1v) is 6.57. The molecule has 3 heteroatoms. The van der Waals surface area contributed by atoms with Crippen LogP contribution < -0.4 is 5.73 Å². The fourth-order valence-corrected chi connectivity index (χ4v) is 4.05. The molecule has 0 bridgehead atoms. The van der Waals surface area contributed by atoms with Crippen molar-refractivity contribution in [3.63, 3.8) is 0 Å². The van der Waals surface area contributed by atoms with Gasteiger partial charge in [-0.1, -0.05) is 20.8 Å². The summed E-state index contributed by atoms with van der Waals surface area (Å²) in [5, 5.41) is 0.237.